The van der Waals surface area contributed by atoms with E-state index in [4.69, 9.17) is 4.74 Å². The number of piperidine rings is 1. The van der Waals surface area contributed by atoms with Crippen molar-refractivity contribution in [1.82, 2.24) is 21.5 Å². The van der Waals surface area contributed by atoms with Gasteiger partial charge in [-0.3, -0.25) is 10.1 Å². The Hall–Kier alpha value is -3.19. The van der Waals surface area contributed by atoms with Crippen LogP contribution in [0.25, 0.3) is 0 Å². The minimum absolute atomic E-state index is 0.00190. The fraction of sp³-hybridized carbons (Fsp3) is 0.345. The van der Waals surface area contributed by atoms with Crippen molar-refractivity contribution in [3.05, 3.63) is 101 Å². The first kappa shape index (κ1) is 23.5. The van der Waals surface area contributed by atoms with Gasteiger partial charge in [0.2, 0.25) is 5.91 Å². The Morgan fingerprint density at radius 2 is 1.71 bits per heavy atom. The maximum absolute atomic E-state index is 13.7. The number of nitrogens with one attached hydrogen (secondary N) is 4. The molecule has 2 fully saturated rings. The van der Waals surface area contributed by atoms with Crippen LogP contribution >= 0.6 is 0 Å². The van der Waals surface area contributed by atoms with Crippen LogP contribution in [0.4, 0.5) is 0 Å². The molecule has 5 atom stereocenters. The molecule has 6 heteroatoms. The predicted molar refractivity (Wildman–Crippen MR) is 137 cm³/mol. The van der Waals surface area contributed by atoms with Gasteiger partial charge in [0.15, 0.2) is 0 Å². The highest BCUT2D eigenvalue weighted by atomic mass is 16.5. The summed E-state index contributed by atoms with van der Waals surface area (Å²) in [7, 11) is 0. The molecule has 0 spiro atoms. The summed E-state index contributed by atoms with van der Waals surface area (Å²) in [6, 6.07) is 26.9. The molecular formula is C29H34N4O2. The zero-order valence-corrected chi connectivity index (χ0v) is 20.3. The van der Waals surface area contributed by atoms with Gasteiger partial charge < -0.3 is 10.1 Å². The van der Waals surface area contributed by atoms with Gasteiger partial charge in [0.05, 0.1) is 18.8 Å². The van der Waals surface area contributed by atoms with Crippen LogP contribution < -0.4 is 26.2 Å². The van der Waals surface area contributed by atoms with E-state index < -0.39 is 0 Å². The molecule has 2 heterocycles. The lowest BCUT2D eigenvalue weighted by atomic mass is 9.74. The van der Waals surface area contributed by atoms with Crippen LogP contribution in [0.15, 0.2) is 78.9 Å². The number of hydrogen-bond donors (Lipinski definition) is 4. The third kappa shape index (κ3) is 5.10. The highest BCUT2D eigenvalue weighted by molar-refractivity contribution is 5.79. The summed E-state index contributed by atoms with van der Waals surface area (Å²) >= 11 is 0. The van der Waals surface area contributed by atoms with E-state index in [0.29, 0.717) is 19.6 Å². The average Bonchev–Trinajstić information content (AvgIpc) is 3.33. The van der Waals surface area contributed by atoms with E-state index in [9.17, 15) is 4.79 Å². The molecule has 0 saturated carbocycles. The van der Waals surface area contributed by atoms with E-state index >= 15 is 0 Å². The summed E-state index contributed by atoms with van der Waals surface area (Å²) in [6.07, 6.45) is 0.640. The van der Waals surface area contributed by atoms with Gasteiger partial charge in [0, 0.05) is 30.0 Å². The molecule has 0 aliphatic carbocycles. The fourth-order valence-electron chi connectivity index (χ4n) is 5.42. The maximum Gasteiger partial charge on any atom is 0.223 e. The highest BCUT2D eigenvalue weighted by Crippen LogP contribution is 2.43. The maximum atomic E-state index is 13.7. The van der Waals surface area contributed by atoms with Crippen LogP contribution in [0.5, 0.6) is 5.75 Å². The van der Waals surface area contributed by atoms with Crippen molar-refractivity contribution in [3.8, 4) is 5.75 Å². The first-order valence-corrected chi connectivity index (χ1v) is 12.5. The van der Waals surface area contributed by atoms with Crippen molar-refractivity contribution in [2.45, 2.75) is 45.1 Å². The number of hydrogen-bond acceptors (Lipinski definition) is 5. The van der Waals surface area contributed by atoms with Crippen molar-refractivity contribution < 1.29 is 9.53 Å². The Morgan fingerprint density at radius 1 is 0.971 bits per heavy atom. The van der Waals surface area contributed by atoms with Crippen LogP contribution in [0.2, 0.25) is 0 Å². The molecule has 182 valence electrons. The van der Waals surface area contributed by atoms with Crippen LogP contribution in [0.1, 0.15) is 47.7 Å². The Bertz CT molecular complexity index is 1130. The van der Waals surface area contributed by atoms with Crippen molar-refractivity contribution in [2.24, 2.45) is 11.8 Å². The lowest BCUT2D eigenvalue weighted by Gasteiger charge is -2.40. The van der Waals surface area contributed by atoms with Crippen LogP contribution in [-0.4, -0.2) is 18.7 Å². The number of para-hydroxylation sites is 1. The summed E-state index contributed by atoms with van der Waals surface area (Å²) < 4.78 is 5.93. The third-order valence-corrected chi connectivity index (χ3v) is 7.18. The van der Waals surface area contributed by atoms with E-state index in [1.54, 1.807) is 0 Å². The Kier molecular flexibility index (Phi) is 7.13. The molecule has 2 saturated heterocycles. The normalized spacial score (nSPS) is 25.6. The van der Waals surface area contributed by atoms with Crippen LogP contribution in [0, 0.1) is 18.8 Å². The Balaban J connectivity index is 1.42. The zero-order valence-electron chi connectivity index (χ0n) is 20.3. The largest absolute Gasteiger partial charge is 0.494 e. The van der Waals surface area contributed by atoms with Crippen LogP contribution in [0.3, 0.4) is 0 Å². The van der Waals surface area contributed by atoms with Gasteiger partial charge in [0.1, 0.15) is 5.75 Å². The number of ether oxygens (including phenoxy) is 1. The Morgan fingerprint density at radius 3 is 2.49 bits per heavy atom. The van der Waals surface area contributed by atoms with E-state index in [1.807, 2.05) is 43.3 Å². The van der Waals surface area contributed by atoms with Crippen molar-refractivity contribution in [2.75, 3.05) is 6.61 Å². The third-order valence-electron chi connectivity index (χ3n) is 7.18. The molecule has 0 radical (unpaired) electrons. The quantitative estimate of drug-likeness (QED) is 0.418. The molecule has 4 N–H and O–H groups in total. The molecule has 6 nitrogen and oxygen atoms in total. The second-order valence-corrected chi connectivity index (χ2v) is 9.47. The molecule has 3 aromatic carbocycles. The summed E-state index contributed by atoms with van der Waals surface area (Å²) in [5.74, 6) is 0.840. The fourth-order valence-corrected chi connectivity index (χ4v) is 5.42. The van der Waals surface area contributed by atoms with E-state index in [1.165, 1.54) is 11.1 Å². The first-order chi connectivity index (χ1) is 17.1. The topological polar surface area (TPSA) is 74.4 Å². The van der Waals surface area contributed by atoms with Gasteiger partial charge in [-0.2, -0.15) is 0 Å². The molecular weight excluding hydrogens is 436 g/mol. The number of aryl methyl sites for hydroxylation is 1. The van der Waals surface area contributed by atoms with Crippen molar-refractivity contribution in [1.29, 1.82) is 0 Å². The first-order valence-electron chi connectivity index (χ1n) is 12.5. The summed E-state index contributed by atoms with van der Waals surface area (Å²) in [6.45, 7) is 5.19. The number of carbonyl (C=O) groups excluding carboxylic acids is 1. The number of hydrazine groups is 1. The molecule has 1 amide bonds. The lowest BCUT2D eigenvalue weighted by molar-refractivity contribution is -0.129. The molecule has 5 unspecified atom stereocenters. The average molecular weight is 471 g/mol. The molecule has 0 bridgehead atoms. The van der Waals surface area contributed by atoms with Gasteiger partial charge >= 0.3 is 0 Å². The number of benzene rings is 3. The SMILES string of the molecule is CCOc1ccccc1C1CC(C(=O)NCc2ccc(C)cc2)C2C(NNC2c2ccccc2)N1. The van der Waals surface area contributed by atoms with Gasteiger partial charge in [-0.05, 0) is 37.5 Å². The smallest absolute Gasteiger partial charge is 0.223 e. The van der Waals surface area contributed by atoms with Gasteiger partial charge in [-0.25, -0.2) is 10.9 Å². The van der Waals surface area contributed by atoms with Crippen molar-refractivity contribution >= 4 is 5.91 Å². The number of rotatable bonds is 7. The van der Waals surface area contributed by atoms with Crippen molar-refractivity contribution in [3.63, 3.8) is 0 Å². The standard InChI is InChI=1S/C29H34N4O2/c1-3-35-25-12-8-7-11-22(25)24-17-23(29(34)30-18-20-15-13-19(2)14-16-20)26-27(32-33-28(26)31-24)21-9-5-4-6-10-21/h4-16,23-24,26-28,31-33H,3,17-18H2,1-2H3,(H,30,34). The van der Waals surface area contributed by atoms with Crippen LogP contribution in [-0.2, 0) is 11.3 Å². The van der Waals surface area contributed by atoms with Gasteiger partial charge in [0.25, 0.3) is 0 Å². The molecule has 5 rings (SSSR count). The van der Waals surface area contributed by atoms with E-state index in [0.717, 1.165) is 16.9 Å². The second kappa shape index (κ2) is 10.6. The van der Waals surface area contributed by atoms with Gasteiger partial charge in [-0.15, -0.1) is 0 Å². The number of carbonyl (C=O) groups is 1. The lowest BCUT2D eigenvalue weighted by Crippen LogP contribution is -2.54. The minimum Gasteiger partial charge on any atom is -0.494 e. The molecule has 3 aromatic rings. The Labute approximate surface area is 207 Å². The van der Waals surface area contributed by atoms with E-state index in [2.05, 4.69) is 70.9 Å². The predicted octanol–water partition coefficient (Wildman–Crippen LogP) is 4.15. The minimum atomic E-state index is -0.181. The molecule has 0 aromatic heterocycles. The summed E-state index contributed by atoms with van der Waals surface area (Å²) in [5.41, 5.74) is 11.5. The summed E-state index contributed by atoms with van der Waals surface area (Å²) in [4.78, 5) is 13.7. The number of amides is 1. The molecule has 2 aliphatic rings. The van der Waals surface area contributed by atoms with E-state index in [-0.39, 0.29) is 36.0 Å². The molecule has 2 aliphatic heterocycles. The number of fused-ring (bicyclic) bond motifs is 1. The summed E-state index contributed by atoms with van der Waals surface area (Å²) in [5, 5.41) is 6.99. The highest BCUT2D eigenvalue weighted by Gasteiger charge is 2.49. The zero-order chi connectivity index (χ0) is 24.2. The van der Waals surface area contributed by atoms with Gasteiger partial charge in [-0.1, -0.05) is 78.4 Å². The second-order valence-electron chi connectivity index (χ2n) is 9.47. The monoisotopic (exact) mass is 470 g/mol. The molecule has 35 heavy (non-hydrogen) atoms.